The van der Waals surface area contributed by atoms with Crippen LogP contribution in [0.25, 0.3) is 0 Å². The van der Waals surface area contributed by atoms with Gasteiger partial charge in [-0.05, 0) is 6.42 Å². The fourth-order valence-corrected chi connectivity index (χ4v) is 2.47. The number of ether oxygens (including phenoxy) is 1. The van der Waals surface area contributed by atoms with E-state index in [1.165, 1.54) is 0 Å². The summed E-state index contributed by atoms with van der Waals surface area (Å²) in [5.41, 5.74) is 4.92. The minimum atomic E-state index is -4.45. The van der Waals surface area contributed by atoms with Gasteiger partial charge in [-0.25, -0.2) is 19.6 Å². The quantitative estimate of drug-likeness (QED) is 0.819. The number of halogens is 3. The SMILES string of the molecule is CC[C@H](N)COCc1nc2n(n1)CCN(c1ncc(C(F)(F)F)cn1)C2. The van der Waals surface area contributed by atoms with E-state index >= 15 is 0 Å². The highest BCUT2D eigenvalue weighted by atomic mass is 19.4. The summed E-state index contributed by atoms with van der Waals surface area (Å²) in [5, 5.41) is 4.37. The Morgan fingerprint density at radius 3 is 2.65 bits per heavy atom. The summed E-state index contributed by atoms with van der Waals surface area (Å²) in [5.74, 6) is 1.48. The van der Waals surface area contributed by atoms with Gasteiger partial charge >= 0.3 is 6.18 Å². The lowest BCUT2D eigenvalue weighted by molar-refractivity contribution is -0.138. The lowest BCUT2D eigenvalue weighted by Gasteiger charge is -2.26. The number of hydrogen-bond acceptors (Lipinski definition) is 7. The minimum Gasteiger partial charge on any atom is -0.372 e. The van der Waals surface area contributed by atoms with Gasteiger partial charge in [-0.1, -0.05) is 6.92 Å². The van der Waals surface area contributed by atoms with Gasteiger partial charge < -0.3 is 15.4 Å². The fraction of sp³-hybridized carbons (Fsp3) is 0.600. The van der Waals surface area contributed by atoms with Crippen LogP contribution in [0.3, 0.4) is 0 Å². The summed E-state index contributed by atoms with van der Waals surface area (Å²) in [4.78, 5) is 13.8. The van der Waals surface area contributed by atoms with Crippen LogP contribution in [-0.2, 0) is 30.6 Å². The molecule has 11 heteroatoms. The van der Waals surface area contributed by atoms with E-state index < -0.39 is 11.7 Å². The minimum absolute atomic E-state index is 0.0143. The van der Waals surface area contributed by atoms with Gasteiger partial charge in [0.1, 0.15) is 12.4 Å². The second-order valence-corrected chi connectivity index (χ2v) is 6.04. The Morgan fingerprint density at radius 2 is 2.00 bits per heavy atom. The van der Waals surface area contributed by atoms with E-state index in [2.05, 4.69) is 20.1 Å². The first-order valence-corrected chi connectivity index (χ1v) is 8.27. The predicted octanol–water partition coefficient (Wildman–Crippen LogP) is 1.36. The van der Waals surface area contributed by atoms with Crippen molar-refractivity contribution in [3.63, 3.8) is 0 Å². The number of fused-ring (bicyclic) bond motifs is 1. The monoisotopic (exact) mass is 371 g/mol. The van der Waals surface area contributed by atoms with Crippen molar-refractivity contribution in [1.29, 1.82) is 0 Å². The third kappa shape index (κ3) is 4.28. The third-order valence-electron chi connectivity index (χ3n) is 4.04. The van der Waals surface area contributed by atoms with Crippen LogP contribution in [0.15, 0.2) is 12.4 Å². The molecule has 2 aromatic rings. The highest BCUT2D eigenvalue weighted by Crippen LogP contribution is 2.28. The number of nitrogens with two attached hydrogens (primary N) is 1. The molecule has 3 heterocycles. The van der Waals surface area contributed by atoms with Gasteiger partial charge in [0.05, 0.1) is 25.3 Å². The first-order valence-electron chi connectivity index (χ1n) is 8.27. The molecular formula is C15H20F3N7O. The number of rotatable bonds is 6. The molecule has 0 spiro atoms. The Morgan fingerprint density at radius 1 is 1.27 bits per heavy atom. The van der Waals surface area contributed by atoms with Crippen molar-refractivity contribution in [2.75, 3.05) is 18.1 Å². The van der Waals surface area contributed by atoms with Crippen LogP contribution in [-0.4, -0.2) is 43.9 Å². The van der Waals surface area contributed by atoms with Crippen LogP contribution < -0.4 is 10.6 Å². The molecule has 3 rings (SSSR count). The average Bonchev–Trinajstić information content (AvgIpc) is 3.02. The van der Waals surface area contributed by atoms with Crippen molar-refractivity contribution < 1.29 is 17.9 Å². The maximum atomic E-state index is 12.6. The fourth-order valence-electron chi connectivity index (χ4n) is 2.47. The molecule has 0 radical (unpaired) electrons. The van der Waals surface area contributed by atoms with E-state index in [-0.39, 0.29) is 18.6 Å². The Bertz CT molecular complexity index is 732. The maximum absolute atomic E-state index is 12.6. The van der Waals surface area contributed by atoms with Crippen molar-refractivity contribution in [1.82, 2.24) is 24.7 Å². The molecule has 0 bridgehead atoms. The number of alkyl halides is 3. The third-order valence-corrected chi connectivity index (χ3v) is 4.04. The van der Waals surface area contributed by atoms with E-state index in [9.17, 15) is 13.2 Å². The van der Waals surface area contributed by atoms with Crippen molar-refractivity contribution in [2.24, 2.45) is 5.73 Å². The van der Waals surface area contributed by atoms with Crippen molar-refractivity contribution in [3.8, 4) is 0 Å². The summed E-state index contributed by atoms with van der Waals surface area (Å²) in [7, 11) is 0. The van der Waals surface area contributed by atoms with Gasteiger partial charge in [-0.3, -0.25) is 0 Å². The maximum Gasteiger partial charge on any atom is 0.419 e. The van der Waals surface area contributed by atoms with Crippen molar-refractivity contribution in [2.45, 2.75) is 45.3 Å². The normalized spacial score (nSPS) is 15.8. The summed E-state index contributed by atoms with van der Waals surface area (Å²) in [6.45, 7) is 4.13. The zero-order valence-corrected chi connectivity index (χ0v) is 14.3. The van der Waals surface area contributed by atoms with Gasteiger partial charge in [0, 0.05) is 25.0 Å². The Labute approximate surface area is 148 Å². The Balaban J connectivity index is 1.62. The van der Waals surface area contributed by atoms with Crippen LogP contribution in [0.4, 0.5) is 19.1 Å². The number of hydrogen-bond donors (Lipinski definition) is 1. The van der Waals surface area contributed by atoms with E-state index in [0.29, 0.717) is 37.9 Å². The predicted molar refractivity (Wildman–Crippen MR) is 86.0 cm³/mol. The van der Waals surface area contributed by atoms with Gasteiger partial charge in [-0.2, -0.15) is 18.3 Å². The molecule has 0 saturated heterocycles. The summed E-state index contributed by atoms with van der Waals surface area (Å²) in [6.07, 6.45) is -2.04. The Kier molecular flexibility index (Phi) is 5.37. The summed E-state index contributed by atoms with van der Waals surface area (Å²) in [6, 6.07) is -0.0143. The molecule has 1 aliphatic rings. The van der Waals surface area contributed by atoms with Crippen LogP contribution in [0.2, 0.25) is 0 Å². The molecular weight excluding hydrogens is 351 g/mol. The molecule has 0 amide bonds. The van der Waals surface area contributed by atoms with Crippen LogP contribution in [0.5, 0.6) is 0 Å². The van der Waals surface area contributed by atoms with E-state index in [0.717, 1.165) is 18.8 Å². The molecule has 0 fully saturated rings. The highest BCUT2D eigenvalue weighted by molar-refractivity contribution is 5.31. The lowest BCUT2D eigenvalue weighted by Crippen LogP contribution is -2.35. The highest BCUT2D eigenvalue weighted by Gasteiger charge is 2.32. The largest absolute Gasteiger partial charge is 0.419 e. The molecule has 0 saturated carbocycles. The molecule has 8 nitrogen and oxygen atoms in total. The second kappa shape index (κ2) is 7.54. The molecule has 0 unspecified atom stereocenters. The van der Waals surface area contributed by atoms with E-state index in [1.807, 2.05) is 6.92 Å². The molecule has 26 heavy (non-hydrogen) atoms. The van der Waals surface area contributed by atoms with Gasteiger partial charge in [0.25, 0.3) is 0 Å². The van der Waals surface area contributed by atoms with Crippen molar-refractivity contribution >= 4 is 5.95 Å². The molecule has 1 atom stereocenters. The zero-order valence-electron chi connectivity index (χ0n) is 14.3. The van der Waals surface area contributed by atoms with Crippen LogP contribution in [0.1, 0.15) is 30.6 Å². The van der Waals surface area contributed by atoms with E-state index in [1.54, 1.807) is 9.58 Å². The van der Waals surface area contributed by atoms with E-state index in [4.69, 9.17) is 10.5 Å². The second-order valence-electron chi connectivity index (χ2n) is 6.04. The topological polar surface area (TPSA) is 95.0 Å². The van der Waals surface area contributed by atoms with Gasteiger partial charge in [0.2, 0.25) is 5.95 Å². The van der Waals surface area contributed by atoms with Gasteiger partial charge in [0.15, 0.2) is 5.82 Å². The van der Waals surface area contributed by atoms with Crippen LogP contribution in [0, 0.1) is 0 Å². The standard InChI is InChI=1S/C15H20F3N7O/c1-2-11(19)8-26-9-12-22-13-7-24(3-4-25(13)23-12)14-20-5-10(6-21-14)15(16,17)18/h5-6,11H,2-4,7-9,19H2,1H3/t11-/m0/s1. The summed E-state index contributed by atoms with van der Waals surface area (Å²) < 4.78 is 45.1. The average molecular weight is 371 g/mol. The number of nitrogens with zero attached hydrogens (tertiary/aromatic N) is 6. The molecule has 2 N–H and O–H groups in total. The van der Waals surface area contributed by atoms with Crippen LogP contribution >= 0.6 is 0 Å². The Hall–Kier alpha value is -2.27. The van der Waals surface area contributed by atoms with Gasteiger partial charge in [-0.15, -0.1) is 0 Å². The molecule has 142 valence electrons. The van der Waals surface area contributed by atoms with Crippen molar-refractivity contribution in [3.05, 3.63) is 29.6 Å². The molecule has 0 aromatic carbocycles. The smallest absolute Gasteiger partial charge is 0.372 e. The zero-order chi connectivity index (χ0) is 18.7. The first-order chi connectivity index (χ1) is 12.4. The number of anilines is 1. The molecule has 0 aliphatic carbocycles. The molecule has 1 aliphatic heterocycles. The first kappa shape index (κ1) is 18.5. The lowest BCUT2D eigenvalue weighted by atomic mass is 10.3. The molecule has 2 aromatic heterocycles. The number of aromatic nitrogens is 5. The summed E-state index contributed by atoms with van der Waals surface area (Å²) >= 11 is 0.